The maximum Gasteiger partial charge on any atom is 0.269 e. The van der Waals surface area contributed by atoms with Gasteiger partial charge in [-0.2, -0.15) is 0 Å². The fourth-order valence-corrected chi connectivity index (χ4v) is 2.48. The van der Waals surface area contributed by atoms with Gasteiger partial charge < -0.3 is 0 Å². The average Bonchev–Trinajstić information content (AvgIpc) is 2.40. The van der Waals surface area contributed by atoms with E-state index in [1.807, 2.05) is 31.2 Å². The summed E-state index contributed by atoms with van der Waals surface area (Å²) >= 11 is 1.58. The lowest BCUT2D eigenvalue weighted by atomic mass is 10.1. The molecule has 18 heavy (non-hydrogen) atoms. The first-order valence-corrected chi connectivity index (χ1v) is 6.37. The smallest absolute Gasteiger partial charge is 0.258 e. The molecule has 0 saturated heterocycles. The summed E-state index contributed by atoms with van der Waals surface area (Å²) in [4.78, 5) is 14.6. The monoisotopic (exact) mass is 260 g/mol. The third-order valence-electron chi connectivity index (χ3n) is 2.49. The molecule has 1 aromatic carbocycles. The molecule has 2 rings (SSSR count). The van der Waals surface area contributed by atoms with Crippen LogP contribution >= 0.6 is 11.8 Å². The van der Waals surface area contributed by atoms with E-state index in [4.69, 9.17) is 0 Å². The number of pyridine rings is 1. The van der Waals surface area contributed by atoms with Crippen LogP contribution in [-0.4, -0.2) is 9.91 Å². The molecule has 1 unspecified atom stereocenters. The molecule has 1 aromatic heterocycles. The zero-order valence-corrected chi connectivity index (χ0v) is 10.6. The van der Waals surface area contributed by atoms with Gasteiger partial charge in [-0.25, -0.2) is 4.98 Å². The molecular formula is C13H12N2O2S. The maximum atomic E-state index is 10.7. The number of non-ortho nitro benzene ring substituents is 1. The Labute approximate surface area is 109 Å². The fourth-order valence-electron chi connectivity index (χ4n) is 1.56. The SMILES string of the molecule is CC(Sc1ccccn1)c1cccc([N+](=O)[O-])c1. The van der Waals surface area contributed by atoms with Gasteiger partial charge in [-0.1, -0.05) is 30.0 Å². The van der Waals surface area contributed by atoms with E-state index in [1.54, 1.807) is 30.1 Å². The summed E-state index contributed by atoms with van der Waals surface area (Å²) < 4.78 is 0. The quantitative estimate of drug-likeness (QED) is 0.476. The zero-order chi connectivity index (χ0) is 13.0. The highest BCUT2D eigenvalue weighted by molar-refractivity contribution is 7.99. The minimum Gasteiger partial charge on any atom is -0.258 e. The number of nitro benzene ring substituents is 1. The second kappa shape index (κ2) is 5.64. The molecule has 2 aromatic rings. The van der Waals surface area contributed by atoms with E-state index in [0.29, 0.717) is 0 Å². The number of aromatic nitrogens is 1. The van der Waals surface area contributed by atoms with Crippen molar-refractivity contribution >= 4 is 17.4 Å². The molecule has 0 radical (unpaired) electrons. The van der Waals surface area contributed by atoms with Crippen molar-refractivity contribution in [3.05, 3.63) is 64.3 Å². The molecule has 0 bridgehead atoms. The Hall–Kier alpha value is -1.88. The van der Waals surface area contributed by atoms with E-state index < -0.39 is 0 Å². The number of nitro groups is 1. The number of benzene rings is 1. The molecule has 5 heteroatoms. The number of nitrogens with zero attached hydrogens (tertiary/aromatic N) is 2. The highest BCUT2D eigenvalue weighted by Crippen LogP contribution is 2.34. The van der Waals surface area contributed by atoms with Crippen LogP contribution in [0.1, 0.15) is 17.7 Å². The van der Waals surface area contributed by atoms with Crippen LogP contribution in [0.4, 0.5) is 5.69 Å². The third-order valence-corrected chi connectivity index (χ3v) is 3.59. The van der Waals surface area contributed by atoms with Crippen molar-refractivity contribution in [1.82, 2.24) is 4.98 Å². The second-order valence-corrected chi connectivity index (χ2v) is 5.14. The van der Waals surface area contributed by atoms with Gasteiger partial charge in [0.05, 0.1) is 9.95 Å². The van der Waals surface area contributed by atoms with E-state index in [0.717, 1.165) is 10.6 Å². The summed E-state index contributed by atoms with van der Waals surface area (Å²) in [7, 11) is 0. The first-order chi connectivity index (χ1) is 8.66. The normalized spacial score (nSPS) is 12.1. The molecule has 0 saturated carbocycles. The van der Waals surface area contributed by atoms with Gasteiger partial charge in [0.15, 0.2) is 0 Å². The molecule has 0 aliphatic carbocycles. The van der Waals surface area contributed by atoms with E-state index in [1.165, 1.54) is 6.07 Å². The Morgan fingerprint density at radius 2 is 2.11 bits per heavy atom. The predicted molar refractivity (Wildman–Crippen MR) is 71.6 cm³/mol. The molecule has 1 heterocycles. The topological polar surface area (TPSA) is 56.0 Å². The maximum absolute atomic E-state index is 10.7. The Bertz CT molecular complexity index is 546. The standard InChI is InChI=1S/C13H12N2O2S/c1-10(18-13-7-2-3-8-14-13)11-5-4-6-12(9-11)15(16)17/h2-10H,1H3. The van der Waals surface area contributed by atoms with Crippen molar-refractivity contribution in [3.8, 4) is 0 Å². The van der Waals surface area contributed by atoms with E-state index >= 15 is 0 Å². The molecule has 92 valence electrons. The predicted octanol–water partition coefficient (Wildman–Crippen LogP) is 3.84. The van der Waals surface area contributed by atoms with Gasteiger partial charge in [0.25, 0.3) is 5.69 Å². The first kappa shape index (κ1) is 12.6. The molecular weight excluding hydrogens is 248 g/mol. The molecule has 0 fully saturated rings. The number of thioether (sulfide) groups is 1. The highest BCUT2D eigenvalue weighted by atomic mass is 32.2. The minimum atomic E-state index is -0.373. The van der Waals surface area contributed by atoms with E-state index in [9.17, 15) is 10.1 Å². The summed E-state index contributed by atoms with van der Waals surface area (Å²) in [6, 6.07) is 12.4. The van der Waals surface area contributed by atoms with Crippen LogP contribution in [0.15, 0.2) is 53.7 Å². The highest BCUT2D eigenvalue weighted by Gasteiger charge is 2.12. The Balaban J connectivity index is 2.16. The van der Waals surface area contributed by atoms with Gasteiger partial charge in [0.2, 0.25) is 0 Å². The Morgan fingerprint density at radius 3 is 2.78 bits per heavy atom. The van der Waals surface area contributed by atoms with Gasteiger partial charge in [-0.05, 0) is 24.6 Å². The molecule has 0 N–H and O–H groups in total. The lowest BCUT2D eigenvalue weighted by molar-refractivity contribution is -0.384. The van der Waals surface area contributed by atoms with Gasteiger partial charge in [0.1, 0.15) is 0 Å². The Kier molecular flexibility index (Phi) is 3.94. The van der Waals surface area contributed by atoms with Gasteiger partial charge in [-0.3, -0.25) is 10.1 Å². The van der Waals surface area contributed by atoms with Gasteiger partial charge in [0, 0.05) is 23.6 Å². The van der Waals surface area contributed by atoms with Crippen molar-refractivity contribution in [1.29, 1.82) is 0 Å². The molecule has 0 spiro atoms. The number of rotatable bonds is 4. The van der Waals surface area contributed by atoms with Crippen LogP contribution < -0.4 is 0 Å². The van der Waals surface area contributed by atoms with Crippen molar-refractivity contribution in [2.75, 3.05) is 0 Å². The summed E-state index contributed by atoms with van der Waals surface area (Å²) in [6.07, 6.45) is 1.74. The van der Waals surface area contributed by atoms with Crippen LogP contribution in [0.3, 0.4) is 0 Å². The van der Waals surface area contributed by atoms with Crippen LogP contribution in [0, 0.1) is 10.1 Å². The zero-order valence-electron chi connectivity index (χ0n) is 9.82. The van der Waals surface area contributed by atoms with Crippen LogP contribution in [0.25, 0.3) is 0 Å². The second-order valence-electron chi connectivity index (χ2n) is 3.78. The molecule has 1 atom stereocenters. The average molecular weight is 260 g/mol. The van der Waals surface area contributed by atoms with E-state index in [2.05, 4.69) is 4.98 Å². The largest absolute Gasteiger partial charge is 0.269 e. The third kappa shape index (κ3) is 3.07. The molecule has 4 nitrogen and oxygen atoms in total. The summed E-state index contributed by atoms with van der Waals surface area (Å²) in [6.45, 7) is 2.01. The lowest BCUT2D eigenvalue weighted by Gasteiger charge is -2.10. The summed E-state index contributed by atoms with van der Waals surface area (Å²) in [5.41, 5.74) is 1.06. The number of hydrogen-bond acceptors (Lipinski definition) is 4. The molecule has 0 amide bonds. The Morgan fingerprint density at radius 1 is 1.28 bits per heavy atom. The van der Waals surface area contributed by atoms with Crippen molar-refractivity contribution in [2.24, 2.45) is 0 Å². The molecule has 0 aliphatic heterocycles. The van der Waals surface area contributed by atoms with Crippen LogP contribution in [0.5, 0.6) is 0 Å². The molecule has 0 aliphatic rings. The van der Waals surface area contributed by atoms with Gasteiger partial charge >= 0.3 is 0 Å². The number of hydrogen-bond donors (Lipinski definition) is 0. The van der Waals surface area contributed by atoms with Crippen molar-refractivity contribution < 1.29 is 4.92 Å². The lowest BCUT2D eigenvalue weighted by Crippen LogP contribution is -1.93. The summed E-state index contributed by atoms with van der Waals surface area (Å²) in [5.74, 6) is 0. The fraction of sp³-hybridized carbons (Fsp3) is 0.154. The van der Waals surface area contributed by atoms with Crippen LogP contribution in [0.2, 0.25) is 0 Å². The van der Waals surface area contributed by atoms with Crippen molar-refractivity contribution in [2.45, 2.75) is 17.2 Å². The van der Waals surface area contributed by atoms with Crippen LogP contribution in [-0.2, 0) is 0 Å². The minimum absolute atomic E-state index is 0.125. The van der Waals surface area contributed by atoms with Gasteiger partial charge in [-0.15, -0.1) is 0 Å². The first-order valence-electron chi connectivity index (χ1n) is 5.49. The van der Waals surface area contributed by atoms with E-state index in [-0.39, 0.29) is 15.9 Å². The van der Waals surface area contributed by atoms with Crippen molar-refractivity contribution in [3.63, 3.8) is 0 Å². The summed E-state index contributed by atoms with van der Waals surface area (Å²) in [5, 5.41) is 11.8.